The van der Waals surface area contributed by atoms with Gasteiger partial charge in [0.15, 0.2) is 0 Å². The van der Waals surface area contributed by atoms with Gasteiger partial charge in [0, 0.05) is 65.3 Å². The van der Waals surface area contributed by atoms with Gasteiger partial charge in [0.2, 0.25) is 0 Å². The summed E-state index contributed by atoms with van der Waals surface area (Å²) in [5.74, 6) is -0.622. The summed E-state index contributed by atoms with van der Waals surface area (Å²) >= 11 is 6.18. The molecule has 1 saturated carbocycles. The van der Waals surface area contributed by atoms with Crippen molar-refractivity contribution in [1.29, 1.82) is 0 Å². The molecule has 11 heteroatoms. The van der Waals surface area contributed by atoms with Crippen LogP contribution in [0.5, 0.6) is 0 Å². The molecule has 6 rings (SSSR count). The molecule has 2 aromatic carbocycles. The van der Waals surface area contributed by atoms with Crippen molar-refractivity contribution in [3.63, 3.8) is 0 Å². The van der Waals surface area contributed by atoms with Gasteiger partial charge in [-0.1, -0.05) is 23.7 Å². The summed E-state index contributed by atoms with van der Waals surface area (Å²) in [5.41, 5.74) is 2.07. The number of hydrogen-bond acceptors (Lipinski definition) is 4. The number of benzene rings is 2. The largest absolute Gasteiger partial charge is 0.360 e. The molecule has 4 N–H and O–H groups in total. The summed E-state index contributed by atoms with van der Waals surface area (Å²) in [4.78, 5) is 56.3. The minimum absolute atomic E-state index is 0.164. The highest BCUT2D eigenvalue weighted by Crippen LogP contribution is 2.24. The summed E-state index contributed by atoms with van der Waals surface area (Å²) in [6.07, 6.45) is 5.75. The smallest absolute Gasteiger partial charge is 0.317 e. The molecule has 0 unspecified atom stereocenters. The van der Waals surface area contributed by atoms with E-state index < -0.39 is 12.1 Å². The molecule has 0 bridgehead atoms. The lowest BCUT2D eigenvalue weighted by atomic mass is 9.98. The molecule has 210 valence electrons. The minimum atomic E-state index is -0.523. The van der Waals surface area contributed by atoms with Crippen molar-refractivity contribution in [2.45, 2.75) is 37.4 Å². The number of urea groups is 1. The van der Waals surface area contributed by atoms with E-state index in [1.54, 1.807) is 71.9 Å². The zero-order valence-electron chi connectivity index (χ0n) is 22.1. The quantitative estimate of drug-likeness (QED) is 0.282. The Morgan fingerprint density at radius 3 is 2.34 bits per heavy atom. The number of nitrogens with one attached hydrogen (secondary N) is 4. The van der Waals surface area contributed by atoms with Gasteiger partial charge in [0.1, 0.15) is 0 Å². The molecule has 0 spiro atoms. The lowest BCUT2D eigenvalue weighted by Crippen LogP contribution is -2.62. The average Bonchev–Trinajstić information content (AvgIpc) is 3.73. The Labute approximate surface area is 240 Å². The minimum Gasteiger partial charge on any atom is -0.360 e. The van der Waals surface area contributed by atoms with Crippen molar-refractivity contribution in [2.75, 3.05) is 13.1 Å². The van der Waals surface area contributed by atoms with Gasteiger partial charge >= 0.3 is 6.03 Å². The lowest BCUT2D eigenvalue weighted by Gasteiger charge is -2.39. The van der Waals surface area contributed by atoms with Crippen LogP contribution in [0.25, 0.3) is 16.6 Å². The van der Waals surface area contributed by atoms with Crippen LogP contribution in [0.4, 0.5) is 4.79 Å². The average molecular weight is 573 g/mol. The van der Waals surface area contributed by atoms with Gasteiger partial charge in [0.05, 0.1) is 17.1 Å². The third-order valence-electron chi connectivity index (χ3n) is 7.56. The van der Waals surface area contributed by atoms with Crippen molar-refractivity contribution in [2.24, 2.45) is 0 Å². The molecule has 4 aromatic rings. The van der Waals surface area contributed by atoms with Crippen LogP contribution in [-0.2, 0) is 0 Å². The predicted octanol–water partition coefficient (Wildman–Crippen LogP) is 3.45. The van der Waals surface area contributed by atoms with Crippen molar-refractivity contribution in [3.8, 4) is 5.69 Å². The van der Waals surface area contributed by atoms with Crippen molar-refractivity contribution >= 4 is 40.3 Å². The second kappa shape index (κ2) is 11.1. The Morgan fingerprint density at radius 1 is 0.854 bits per heavy atom. The zero-order valence-corrected chi connectivity index (χ0v) is 22.9. The Hall–Kier alpha value is -4.57. The molecule has 1 aliphatic carbocycles. The number of piperidine rings is 1. The third kappa shape index (κ3) is 5.83. The molecule has 3 heterocycles. The summed E-state index contributed by atoms with van der Waals surface area (Å²) in [7, 11) is 0. The van der Waals surface area contributed by atoms with Gasteiger partial charge < -0.3 is 25.8 Å². The number of fused-ring (bicyclic) bond motifs is 1. The van der Waals surface area contributed by atoms with Gasteiger partial charge in [-0.3, -0.25) is 19.0 Å². The number of aromatic amines is 1. The lowest BCUT2D eigenvalue weighted by molar-refractivity contribution is 0.0828. The number of H-pyrrole nitrogens is 1. The fourth-order valence-electron chi connectivity index (χ4n) is 5.10. The van der Waals surface area contributed by atoms with Gasteiger partial charge in [0.25, 0.3) is 17.4 Å². The maximum absolute atomic E-state index is 13.3. The molecule has 1 saturated heterocycles. The highest BCUT2D eigenvalue weighted by molar-refractivity contribution is 6.35. The molecule has 0 radical (unpaired) electrons. The van der Waals surface area contributed by atoms with Gasteiger partial charge in [-0.25, -0.2) is 4.79 Å². The first-order valence-corrected chi connectivity index (χ1v) is 14.0. The van der Waals surface area contributed by atoms with E-state index in [0.717, 1.165) is 23.7 Å². The van der Waals surface area contributed by atoms with Gasteiger partial charge in [-0.2, -0.15) is 0 Å². The van der Waals surface area contributed by atoms with E-state index in [0.29, 0.717) is 34.8 Å². The molecule has 2 atom stereocenters. The monoisotopic (exact) mass is 572 g/mol. The topological polar surface area (TPSA) is 128 Å². The highest BCUT2D eigenvalue weighted by atomic mass is 35.5. The second-order valence-corrected chi connectivity index (χ2v) is 10.9. The van der Waals surface area contributed by atoms with E-state index in [9.17, 15) is 19.2 Å². The zero-order chi connectivity index (χ0) is 28.5. The van der Waals surface area contributed by atoms with Crippen molar-refractivity contribution in [1.82, 2.24) is 30.4 Å². The van der Waals surface area contributed by atoms with E-state index in [-0.39, 0.29) is 36.0 Å². The van der Waals surface area contributed by atoms with E-state index in [1.807, 2.05) is 0 Å². The predicted molar refractivity (Wildman–Crippen MR) is 156 cm³/mol. The first kappa shape index (κ1) is 26.6. The molecule has 4 amide bonds. The number of pyridine rings is 1. The van der Waals surface area contributed by atoms with E-state index in [4.69, 9.17) is 11.6 Å². The number of hydrogen-bond donors (Lipinski definition) is 4. The van der Waals surface area contributed by atoms with E-state index >= 15 is 0 Å². The van der Waals surface area contributed by atoms with Gasteiger partial charge in [-0.15, -0.1) is 0 Å². The Balaban J connectivity index is 1.19. The van der Waals surface area contributed by atoms with Gasteiger partial charge in [-0.05, 0) is 61.7 Å². The normalized spacial score (nSPS) is 18.6. The first-order chi connectivity index (χ1) is 19.9. The molecular formula is C30H29ClN6O4. The maximum atomic E-state index is 13.3. The molecule has 1 aliphatic heterocycles. The third-order valence-corrected chi connectivity index (χ3v) is 7.87. The fraction of sp³-hybridized carbons (Fsp3) is 0.267. The number of carbonyl (C=O) groups excluding carboxylic acids is 3. The van der Waals surface area contributed by atoms with Crippen LogP contribution >= 0.6 is 11.6 Å². The highest BCUT2D eigenvalue weighted by Gasteiger charge is 2.35. The standard InChI is InChI=1S/C30H29ClN6O4/c31-23-16-32-25-15-19(6-11-22(23)25)29(40)34-24-12-14-36(30(41)33-20-7-8-20)17-26(24)35-28(39)18-4-9-21(10-5-18)37-13-2-1-3-27(37)38/h1-6,9-11,13,15-16,20,24,26,32H,7-8,12,14,17H2,(H,33,41)(H,34,40)(H,35,39)/t24-,26+/m1/s1. The molecule has 2 fully saturated rings. The van der Waals surface area contributed by atoms with Crippen LogP contribution < -0.4 is 21.5 Å². The van der Waals surface area contributed by atoms with Crippen molar-refractivity contribution < 1.29 is 14.4 Å². The number of halogens is 1. The first-order valence-electron chi connectivity index (χ1n) is 13.6. The van der Waals surface area contributed by atoms with Crippen LogP contribution in [0.2, 0.25) is 5.02 Å². The fourth-order valence-corrected chi connectivity index (χ4v) is 5.32. The Bertz CT molecular complexity index is 1680. The summed E-state index contributed by atoms with van der Waals surface area (Å²) in [6.45, 7) is 0.694. The molecular weight excluding hydrogens is 544 g/mol. The van der Waals surface area contributed by atoms with Crippen LogP contribution in [0, 0.1) is 0 Å². The number of likely N-dealkylation sites (tertiary alicyclic amines) is 1. The van der Waals surface area contributed by atoms with Crippen LogP contribution in [0.15, 0.2) is 77.9 Å². The second-order valence-electron chi connectivity index (χ2n) is 10.5. The van der Waals surface area contributed by atoms with Crippen LogP contribution in [-0.4, -0.2) is 63.5 Å². The molecule has 41 heavy (non-hydrogen) atoms. The summed E-state index contributed by atoms with van der Waals surface area (Å²) in [6, 6.07) is 16.0. The Kier molecular flexibility index (Phi) is 7.23. The van der Waals surface area contributed by atoms with E-state index in [1.165, 1.54) is 10.6 Å². The number of aromatic nitrogens is 2. The van der Waals surface area contributed by atoms with E-state index in [2.05, 4.69) is 20.9 Å². The Morgan fingerprint density at radius 2 is 1.59 bits per heavy atom. The number of rotatable bonds is 6. The van der Waals surface area contributed by atoms with Crippen LogP contribution in [0.1, 0.15) is 40.0 Å². The maximum Gasteiger partial charge on any atom is 0.317 e. The molecule has 2 aliphatic rings. The van der Waals surface area contributed by atoms with Crippen LogP contribution in [0.3, 0.4) is 0 Å². The molecule has 10 nitrogen and oxygen atoms in total. The van der Waals surface area contributed by atoms with Crippen molar-refractivity contribution in [3.05, 3.63) is 99.6 Å². The number of nitrogens with zero attached hydrogens (tertiary/aromatic N) is 2. The summed E-state index contributed by atoms with van der Waals surface area (Å²) in [5, 5.41) is 10.5. The summed E-state index contributed by atoms with van der Waals surface area (Å²) < 4.78 is 1.49. The molecule has 2 aromatic heterocycles. The number of carbonyl (C=O) groups is 3. The SMILES string of the molecule is O=C(N[C@H]1CN(C(=O)NC2CC2)CC[C@H]1NC(=O)c1ccc2c(Cl)c[nH]c2c1)c1ccc(-n2ccccc2=O)cc1. The number of amides is 4.